The van der Waals surface area contributed by atoms with Crippen molar-refractivity contribution in [2.45, 2.75) is 277 Å². The summed E-state index contributed by atoms with van der Waals surface area (Å²) in [4.78, 5) is 38.1. The van der Waals surface area contributed by atoms with Crippen LogP contribution in [0.15, 0.2) is 60.8 Å². The minimum Gasteiger partial charge on any atom is -0.462 e. The summed E-state index contributed by atoms with van der Waals surface area (Å²) in [5.41, 5.74) is 0. The van der Waals surface area contributed by atoms with E-state index in [-0.39, 0.29) is 31.1 Å². The number of carbonyl (C=O) groups is 3. The normalized spacial score (nSPS) is 12.5. The van der Waals surface area contributed by atoms with Gasteiger partial charge in [0.25, 0.3) is 0 Å². The lowest BCUT2D eigenvalue weighted by Gasteiger charge is -2.18. The van der Waals surface area contributed by atoms with Crippen molar-refractivity contribution in [3.8, 4) is 0 Å². The largest absolute Gasteiger partial charge is 0.462 e. The molecular formula is C58H102O6. The van der Waals surface area contributed by atoms with E-state index in [2.05, 4.69) is 81.5 Å². The summed E-state index contributed by atoms with van der Waals surface area (Å²) in [7, 11) is 0. The van der Waals surface area contributed by atoms with E-state index in [1.807, 2.05) is 0 Å². The van der Waals surface area contributed by atoms with Gasteiger partial charge >= 0.3 is 17.9 Å². The fraction of sp³-hybridized carbons (Fsp3) is 0.776. The molecule has 64 heavy (non-hydrogen) atoms. The highest BCUT2D eigenvalue weighted by Crippen LogP contribution is 2.16. The monoisotopic (exact) mass is 895 g/mol. The third-order valence-corrected chi connectivity index (χ3v) is 11.8. The molecule has 0 fully saturated rings. The third kappa shape index (κ3) is 50.1. The van der Waals surface area contributed by atoms with Gasteiger partial charge in [-0.15, -0.1) is 0 Å². The topological polar surface area (TPSA) is 78.9 Å². The molecule has 0 amide bonds. The second-order valence-electron chi connectivity index (χ2n) is 18.1. The van der Waals surface area contributed by atoms with Crippen LogP contribution in [-0.2, 0) is 28.6 Å². The number of hydrogen-bond acceptors (Lipinski definition) is 6. The maximum Gasteiger partial charge on any atom is 0.306 e. The van der Waals surface area contributed by atoms with E-state index in [9.17, 15) is 14.4 Å². The van der Waals surface area contributed by atoms with Gasteiger partial charge in [0.05, 0.1) is 0 Å². The molecule has 0 heterocycles. The van der Waals surface area contributed by atoms with Crippen LogP contribution < -0.4 is 0 Å². The maximum atomic E-state index is 12.8. The first-order valence-corrected chi connectivity index (χ1v) is 27.3. The molecule has 0 saturated carbocycles. The number of ether oxygens (including phenoxy) is 3. The number of hydrogen-bond donors (Lipinski definition) is 0. The third-order valence-electron chi connectivity index (χ3n) is 11.8. The number of rotatable bonds is 49. The summed E-state index contributed by atoms with van der Waals surface area (Å²) >= 11 is 0. The molecule has 1 unspecified atom stereocenters. The molecule has 0 aromatic carbocycles. The lowest BCUT2D eigenvalue weighted by Crippen LogP contribution is -2.30. The molecule has 0 rings (SSSR count). The lowest BCUT2D eigenvalue weighted by molar-refractivity contribution is -0.167. The molecule has 0 aliphatic heterocycles. The Bertz CT molecular complexity index is 1170. The van der Waals surface area contributed by atoms with Crippen LogP contribution in [0.25, 0.3) is 0 Å². The highest BCUT2D eigenvalue weighted by molar-refractivity contribution is 5.71. The van der Waals surface area contributed by atoms with Crippen molar-refractivity contribution in [2.75, 3.05) is 13.2 Å². The average molecular weight is 895 g/mol. The predicted molar refractivity (Wildman–Crippen MR) is 275 cm³/mol. The Morgan fingerprint density at radius 1 is 0.328 bits per heavy atom. The van der Waals surface area contributed by atoms with Gasteiger partial charge in [-0.3, -0.25) is 14.4 Å². The summed E-state index contributed by atoms with van der Waals surface area (Å²) in [5.74, 6) is -0.882. The summed E-state index contributed by atoms with van der Waals surface area (Å²) in [5, 5.41) is 0. The molecule has 0 N–H and O–H groups in total. The highest BCUT2D eigenvalue weighted by Gasteiger charge is 2.19. The first-order chi connectivity index (χ1) is 31.5. The lowest BCUT2D eigenvalue weighted by atomic mass is 10.0. The Hall–Kier alpha value is -2.89. The van der Waals surface area contributed by atoms with E-state index in [0.29, 0.717) is 19.3 Å². The Balaban J connectivity index is 4.34. The average Bonchev–Trinajstić information content (AvgIpc) is 3.29. The zero-order valence-electron chi connectivity index (χ0n) is 42.3. The van der Waals surface area contributed by atoms with Crippen LogP contribution >= 0.6 is 0 Å². The van der Waals surface area contributed by atoms with Crippen LogP contribution in [0.4, 0.5) is 0 Å². The van der Waals surface area contributed by atoms with Crippen LogP contribution in [-0.4, -0.2) is 37.2 Å². The van der Waals surface area contributed by atoms with Crippen molar-refractivity contribution < 1.29 is 28.6 Å². The molecule has 0 aliphatic rings. The van der Waals surface area contributed by atoms with Gasteiger partial charge in [-0.05, 0) is 77.0 Å². The standard InChI is InChI=1S/C58H102O6/c1-4-7-10-13-16-19-22-25-27-28-29-30-31-34-36-39-42-45-48-51-57(60)63-54-55(53-62-56(59)50-47-44-41-38-35-32-24-21-18-15-12-9-6-3)64-58(61)52-49-46-43-40-37-33-26-23-20-17-14-11-8-5-2/h7-8,10-11,16-17,19-20,25,27,55H,4-6,9,12-15,18,21-24,26,28-54H2,1-3H3/b10-7-,11-8-,19-16-,20-17-,27-25-. The van der Waals surface area contributed by atoms with Crippen LogP contribution in [0.3, 0.4) is 0 Å². The number of esters is 3. The molecule has 6 heteroatoms. The minimum absolute atomic E-state index is 0.0767. The molecule has 370 valence electrons. The molecule has 0 spiro atoms. The van der Waals surface area contributed by atoms with Crippen molar-refractivity contribution in [3.63, 3.8) is 0 Å². The summed E-state index contributed by atoms with van der Waals surface area (Å²) in [6.07, 6.45) is 64.9. The van der Waals surface area contributed by atoms with E-state index in [1.165, 1.54) is 135 Å². The SMILES string of the molecule is CC/C=C\C/C=C\C/C=C\CCCCCCCCCCCC(=O)OCC(COC(=O)CCCCCCCCCCCCCCC)OC(=O)CCCCCCCCC/C=C\C/C=C\CC. The quantitative estimate of drug-likeness (QED) is 0.0262. The molecule has 0 saturated heterocycles. The van der Waals surface area contributed by atoms with Gasteiger partial charge in [0.15, 0.2) is 6.10 Å². The summed E-state index contributed by atoms with van der Waals surface area (Å²) in [6, 6.07) is 0. The predicted octanol–water partition coefficient (Wildman–Crippen LogP) is 18.0. The van der Waals surface area contributed by atoms with E-state index in [1.54, 1.807) is 0 Å². The first kappa shape index (κ1) is 61.1. The van der Waals surface area contributed by atoms with Crippen LogP contribution in [0.1, 0.15) is 271 Å². The van der Waals surface area contributed by atoms with Crippen molar-refractivity contribution in [3.05, 3.63) is 60.8 Å². The van der Waals surface area contributed by atoms with Gasteiger partial charge in [-0.2, -0.15) is 0 Å². The van der Waals surface area contributed by atoms with Crippen molar-refractivity contribution in [1.82, 2.24) is 0 Å². The highest BCUT2D eigenvalue weighted by atomic mass is 16.6. The molecule has 0 aliphatic carbocycles. The van der Waals surface area contributed by atoms with Crippen LogP contribution in [0.5, 0.6) is 0 Å². The summed E-state index contributed by atoms with van der Waals surface area (Å²) in [6.45, 7) is 6.43. The Morgan fingerprint density at radius 3 is 0.953 bits per heavy atom. The van der Waals surface area contributed by atoms with E-state index in [0.717, 1.165) is 96.3 Å². The smallest absolute Gasteiger partial charge is 0.306 e. The zero-order chi connectivity index (χ0) is 46.5. The van der Waals surface area contributed by atoms with Crippen molar-refractivity contribution in [2.24, 2.45) is 0 Å². The maximum absolute atomic E-state index is 12.8. The molecular weight excluding hydrogens is 793 g/mol. The molecule has 0 radical (unpaired) electrons. The van der Waals surface area contributed by atoms with Gasteiger partial charge in [-0.1, -0.05) is 236 Å². The van der Waals surface area contributed by atoms with Crippen LogP contribution in [0.2, 0.25) is 0 Å². The molecule has 1 atom stereocenters. The van der Waals surface area contributed by atoms with Crippen LogP contribution in [0, 0.1) is 0 Å². The van der Waals surface area contributed by atoms with E-state index >= 15 is 0 Å². The Kier molecular flexibility index (Phi) is 50.4. The van der Waals surface area contributed by atoms with Gasteiger partial charge in [0.2, 0.25) is 0 Å². The Labute approximate surface area is 396 Å². The second-order valence-corrected chi connectivity index (χ2v) is 18.1. The van der Waals surface area contributed by atoms with Crippen molar-refractivity contribution in [1.29, 1.82) is 0 Å². The van der Waals surface area contributed by atoms with E-state index < -0.39 is 6.10 Å². The van der Waals surface area contributed by atoms with Gasteiger partial charge in [0.1, 0.15) is 13.2 Å². The molecule has 0 bridgehead atoms. The molecule has 0 aromatic heterocycles. The number of carbonyl (C=O) groups excluding carboxylic acids is 3. The minimum atomic E-state index is -0.778. The molecule has 6 nitrogen and oxygen atoms in total. The van der Waals surface area contributed by atoms with Gasteiger partial charge in [0, 0.05) is 19.3 Å². The molecule has 0 aromatic rings. The fourth-order valence-electron chi connectivity index (χ4n) is 7.73. The first-order valence-electron chi connectivity index (χ1n) is 27.3. The number of allylic oxidation sites excluding steroid dienone is 10. The zero-order valence-corrected chi connectivity index (χ0v) is 42.3. The number of unbranched alkanes of at least 4 members (excludes halogenated alkanes) is 28. The van der Waals surface area contributed by atoms with Gasteiger partial charge in [-0.25, -0.2) is 0 Å². The van der Waals surface area contributed by atoms with Gasteiger partial charge < -0.3 is 14.2 Å². The second kappa shape index (κ2) is 52.7. The fourth-order valence-corrected chi connectivity index (χ4v) is 7.73. The van der Waals surface area contributed by atoms with E-state index in [4.69, 9.17) is 14.2 Å². The Morgan fingerprint density at radius 2 is 0.609 bits per heavy atom. The summed E-state index contributed by atoms with van der Waals surface area (Å²) < 4.78 is 16.8. The van der Waals surface area contributed by atoms with Crippen molar-refractivity contribution >= 4 is 17.9 Å².